The summed E-state index contributed by atoms with van der Waals surface area (Å²) >= 11 is 0. The summed E-state index contributed by atoms with van der Waals surface area (Å²) in [6.45, 7) is 12.0. The quantitative estimate of drug-likeness (QED) is 0.787. The molecule has 1 amide bonds. The van der Waals surface area contributed by atoms with Gasteiger partial charge in [0.1, 0.15) is 5.60 Å². The molecule has 0 saturated carbocycles. The Labute approximate surface area is 183 Å². The minimum atomic E-state index is -1.04. The van der Waals surface area contributed by atoms with Crippen molar-refractivity contribution >= 4 is 12.1 Å². The van der Waals surface area contributed by atoms with Gasteiger partial charge in [0.15, 0.2) is 5.69 Å². The van der Waals surface area contributed by atoms with Crippen LogP contribution in [0.15, 0.2) is 42.6 Å². The average Bonchev–Trinajstić information content (AvgIpc) is 2.66. The Morgan fingerprint density at radius 2 is 1.71 bits per heavy atom. The number of rotatable bonds is 4. The standard InChI is InChI=1S/C24H31N3O4/c1-16-13-26(14-17(2)27(16)23(30)31-24(3,4)5)15-18-8-10-19(11-9-18)20-7-6-12-25-21(20)22(28)29/h6-12,16-17H,13-15H2,1-5H3,(H,28,29)/t16-,17+. The number of aromatic carboxylic acids is 1. The molecule has 0 radical (unpaired) electrons. The van der Waals surface area contributed by atoms with Gasteiger partial charge in [-0.25, -0.2) is 14.6 Å². The molecule has 2 heterocycles. The van der Waals surface area contributed by atoms with Gasteiger partial charge in [-0.15, -0.1) is 0 Å². The molecule has 2 atom stereocenters. The third-order valence-corrected chi connectivity index (χ3v) is 5.28. The van der Waals surface area contributed by atoms with E-state index in [1.54, 1.807) is 12.1 Å². The maximum Gasteiger partial charge on any atom is 0.410 e. The molecule has 7 nitrogen and oxygen atoms in total. The third-order valence-electron chi connectivity index (χ3n) is 5.28. The number of carbonyl (C=O) groups excluding carboxylic acids is 1. The SMILES string of the molecule is C[C@@H]1CN(Cc2ccc(-c3cccnc3C(=O)O)cc2)C[C@H](C)N1C(=O)OC(C)(C)C. The van der Waals surface area contributed by atoms with Crippen molar-refractivity contribution in [1.29, 1.82) is 0 Å². The van der Waals surface area contributed by atoms with E-state index in [1.807, 2.05) is 63.8 Å². The predicted octanol–water partition coefficient (Wildman–Crippen LogP) is 4.28. The first-order chi connectivity index (χ1) is 14.5. The zero-order valence-corrected chi connectivity index (χ0v) is 18.8. The number of carboxylic acid groups (broad SMARTS) is 1. The van der Waals surface area contributed by atoms with Gasteiger partial charge in [-0.3, -0.25) is 4.90 Å². The Morgan fingerprint density at radius 3 is 2.26 bits per heavy atom. The predicted molar refractivity (Wildman–Crippen MR) is 119 cm³/mol. The maximum absolute atomic E-state index is 12.6. The first-order valence-electron chi connectivity index (χ1n) is 10.6. The minimum Gasteiger partial charge on any atom is -0.476 e. The molecule has 1 aromatic carbocycles. The summed E-state index contributed by atoms with van der Waals surface area (Å²) in [4.78, 5) is 32.2. The second-order valence-electron chi connectivity index (χ2n) is 9.18. The lowest BCUT2D eigenvalue weighted by atomic mass is 10.0. The molecular weight excluding hydrogens is 394 g/mol. The summed E-state index contributed by atoms with van der Waals surface area (Å²) < 4.78 is 5.57. The molecule has 31 heavy (non-hydrogen) atoms. The largest absolute Gasteiger partial charge is 0.476 e. The number of pyridine rings is 1. The zero-order chi connectivity index (χ0) is 22.8. The highest BCUT2D eigenvalue weighted by molar-refractivity contribution is 5.93. The van der Waals surface area contributed by atoms with E-state index in [9.17, 15) is 14.7 Å². The molecular formula is C24H31N3O4. The number of hydrogen-bond donors (Lipinski definition) is 1. The van der Waals surface area contributed by atoms with Crippen molar-refractivity contribution in [2.24, 2.45) is 0 Å². The number of piperazine rings is 1. The highest BCUT2D eigenvalue weighted by Gasteiger charge is 2.35. The lowest BCUT2D eigenvalue weighted by Gasteiger charge is -2.44. The Kier molecular flexibility index (Phi) is 6.65. The van der Waals surface area contributed by atoms with Crippen LogP contribution in [0.2, 0.25) is 0 Å². The fourth-order valence-corrected chi connectivity index (χ4v) is 4.09. The van der Waals surface area contributed by atoms with Gasteiger partial charge in [0.2, 0.25) is 0 Å². The van der Waals surface area contributed by atoms with Gasteiger partial charge in [0.25, 0.3) is 0 Å². The number of benzene rings is 1. The Bertz CT molecular complexity index is 925. The van der Waals surface area contributed by atoms with E-state index < -0.39 is 11.6 Å². The fourth-order valence-electron chi connectivity index (χ4n) is 4.09. The van der Waals surface area contributed by atoms with Crippen LogP contribution in [0.25, 0.3) is 11.1 Å². The maximum atomic E-state index is 12.6. The van der Waals surface area contributed by atoms with Crippen LogP contribution in [0.1, 0.15) is 50.7 Å². The number of amides is 1. The monoisotopic (exact) mass is 425 g/mol. The number of aromatic nitrogens is 1. The average molecular weight is 426 g/mol. The molecule has 0 unspecified atom stereocenters. The first kappa shape index (κ1) is 22.7. The molecule has 1 aliphatic rings. The lowest BCUT2D eigenvalue weighted by Crippen LogP contribution is -2.59. The molecule has 1 aromatic heterocycles. The molecule has 0 aliphatic carbocycles. The molecule has 2 aromatic rings. The second-order valence-corrected chi connectivity index (χ2v) is 9.18. The minimum absolute atomic E-state index is 0.0476. The Hall–Kier alpha value is -2.93. The number of carbonyl (C=O) groups is 2. The van der Waals surface area contributed by atoms with Crippen molar-refractivity contribution in [3.05, 3.63) is 53.9 Å². The van der Waals surface area contributed by atoms with Crippen LogP contribution in [0.3, 0.4) is 0 Å². The topological polar surface area (TPSA) is 83.0 Å². The van der Waals surface area contributed by atoms with E-state index in [0.29, 0.717) is 5.56 Å². The van der Waals surface area contributed by atoms with Crippen LogP contribution < -0.4 is 0 Å². The lowest BCUT2D eigenvalue weighted by molar-refractivity contribution is -0.0162. The molecule has 3 rings (SSSR count). The number of ether oxygens (including phenoxy) is 1. The normalized spacial score (nSPS) is 19.8. The van der Waals surface area contributed by atoms with E-state index in [0.717, 1.165) is 30.8 Å². The molecule has 7 heteroatoms. The van der Waals surface area contributed by atoms with Gasteiger partial charge in [-0.1, -0.05) is 30.3 Å². The molecule has 1 N–H and O–H groups in total. The van der Waals surface area contributed by atoms with Gasteiger partial charge in [0, 0.05) is 43.5 Å². The van der Waals surface area contributed by atoms with Gasteiger partial charge < -0.3 is 14.7 Å². The molecule has 0 bridgehead atoms. The molecule has 166 valence electrons. The van der Waals surface area contributed by atoms with Crippen LogP contribution >= 0.6 is 0 Å². The first-order valence-corrected chi connectivity index (χ1v) is 10.6. The number of carboxylic acids is 1. The third kappa shape index (κ3) is 5.61. The molecule has 1 saturated heterocycles. The number of nitrogens with zero attached hydrogens (tertiary/aromatic N) is 3. The molecule has 1 aliphatic heterocycles. The van der Waals surface area contributed by atoms with E-state index in [2.05, 4.69) is 9.88 Å². The highest BCUT2D eigenvalue weighted by Crippen LogP contribution is 2.25. The van der Waals surface area contributed by atoms with Gasteiger partial charge in [-0.05, 0) is 51.8 Å². The van der Waals surface area contributed by atoms with Crippen molar-refractivity contribution in [3.8, 4) is 11.1 Å². The van der Waals surface area contributed by atoms with Crippen LogP contribution in [0.5, 0.6) is 0 Å². The summed E-state index contributed by atoms with van der Waals surface area (Å²) in [5.74, 6) is -1.04. The van der Waals surface area contributed by atoms with Crippen molar-refractivity contribution in [1.82, 2.24) is 14.8 Å². The summed E-state index contributed by atoms with van der Waals surface area (Å²) in [6, 6.07) is 11.5. The fraction of sp³-hybridized carbons (Fsp3) is 0.458. The van der Waals surface area contributed by atoms with Crippen LogP contribution in [0, 0.1) is 0 Å². The smallest absolute Gasteiger partial charge is 0.410 e. The van der Waals surface area contributed by atoms with Crippen LogP contribution in [-0.2, 0) is 11.3 Å². The van der Waals surface area contributed by atoms with Gasteiger partial charge in [-0.2, -0.15) is 0 Å². The molecule has 1 fully saturated rings. The number of hydrogen-bond acceptors (Lipinski definition) is 5. The second kappa shape index (κ2) is 9.06. The Morgan fingerprint density at radius 1 is 1.10 bits per heavy atom. The summed E-state index contributed by atoms with van der Waals surface area (Å²) in [5.41, 5.74) is 2.11. The van der Waals surface area contributed by atoms with Crippen LogP contribution in [-0.4, -0.2) is 62.7 Å². The summed E-state index contributed by atoms with van der Waals surface area (Å²) in [6.07, 6.45) is 1.22. The van der Waals surface area contributed by atoms with E-state index in [-0.39, 0.29) is 23.9 Å². The van der Waals surface area contributed by atoms with E-state index >= 15 is 0 Å². The highest BCUT2D eigenvalue weighted by atomic mass is 16.6. The van der Waals surface area contributed by atoms with Crippen LogP contribution in [0.4, 0.5) is 4.79 Å². The van der Waals surface area contributed by atoms with Gasteiger partial charge in [0.05, 0.1) is 0 Å². The van der Waals surface area contributed by atoms with Crippen molar-refractivity contribution in [2.75, 3.05) is 13.1 Å². The van der Waals surface area contributed by atoms with Crippen molar-refractivity contribution in [2.45, 2.75) is 58.8 Å². The van der Waals surface area contributed by atoms with Crippen molar-refractivity contribution in [3.63, 3.8) is 0 Å². The zero-order valence-electron chi connectivity index (χ0n) is 18.8. The van der Waals surface area contributed by atoms with E-state index in [1.165, 1.54) is 6.20 Å². The van der Waals surface area contributed by atoms with Crippen molar-refractivity contribution < 1.29 is 19.4 Å². The van der Waals surface area contributed by atoms with Gasteiger partial charge >= 0.3 is 12.1 Å². The summed E-state index contributed by atoms with van der Waals surface area (Å²) in [7, 11) is 0. The Balaban J connectivity index is 1.67. The van der Waals surface area contributed by atoms with E-state index in [4.69, 9.17) is 4.74 Å². The summed E-state index contributed by atoms with van der Waals surface area (Å²) in [5, 5.41) is 9.36. The molecule has 0 spiro atoms.